The number of aliphatic hydroxyl groups excluding tert-OH is 1. The summed E-state index contributed by atoms with van der Waals surface area (Å²) in [5, 5.41) is 11.2. The molecule has 2 amide bonds. The SMILES string of the molecule is Cc1ccc2c(c1)N(CC(=O)NCCO)C(=O)C(C)O2. The molecular formula is C14H18N2O4. The third-order valence-electron chi connectivity index (χ3n) is 3.06. The zero-order chi connectivity index (χ0) is 14.7. The van der Waals surface area contributed by atoms with Gasteiger partial charge in [0.15, 0.2) is 6.10 Å². The largest absolute Gasteiger partial charge is 0.479 e. The number of fused-ring (bicyclic) bond motifs is 1. The Hall–Kier alpha value is -2.08. The molecule has 108 valence electrons. The molecule has 0 radical (unpaired) electrons. The van der Waals surface area contributed by atoms with Crippen LogP contribution < -0.4 is 15.0 Å². The third-order valence-corrected chi connectivity index (χ3v) is 3.06. The number of ether oxygens (including phenoxy) is 1. The first kappa shape index (κ1) is 14.3. The molecule has 1 aliphatic rings. The van der Waals surface area contributed by atoms with Gasteiger partial charge in [-0.25, -0.2) is 0 Å². The fourth-order valence-electron chi connectivity index (χ4n) is 2.07. The Bertz CT molecular complexity index is 530. The van der Waals surface area contributed by atoms with E-state index in [2.05, 4.69) is 5.32 Å². The van der Waals surface area contributed by atoms with Crippen LogP contribution in [-0.4, -0.2) is 42.7 Å². The zero-order valence-corrected chi connectivity index (χ0v) is 11.5. The van der Waals surface area contributed by atoms with Gasteiger partial charge in [0.05, 0.1) is 12.3 Å². The van der Waals surface area contributed by atoms with Gasteiger partial charge in [0.1, 0.15) is 12.3 Å². The molecule has 0 fully saturated rings. The number of carbonyl (C=O) groups excluding carboxylic acids is 2. The lowest BCUT2D eigenvalue weighted by atomic mass is 10.1. The standard InChI is InChI=1S/C14H18N2O4/c1-9-3-4-12-11(7-9)16(14(19)10(2)20-12)8-13(18)15-5-6-17/h3-4,7,10,17H,5-6,8H2,1-2H3,(H,15,18). The lowest BCUT2D eigenvalue weighted by Crippen LogP contribution is -2.49. The van der Waals surface area contributed by atoms with Gasteiger partial charge in [-0.2, -0.15) is 0 Å². The smallest absolute Gasteiger partial charge is 0.268 e. The van der Waals surface area contributed by atoms with Crippen LogP contribution in [0.1, 0.15) is 12.5 Å². The van der Waals surface area contributed by atoms with E-state index in [0.29, 0.717) is 11.4 Å². The molecule has 2 rings (SSSR count). The maximum atomic E-state index is 12.2. The first-order chi connectivity index (χ1) is 9.52. The van der Waals surface area contributed by atoms with E-state index in [-0.39, 0.29) is 31.5 Å². The second-order valence-corrected chi connectivity index (χ2v) is 4.73. The minimum atomic E-state index is -0.615. The normalized spacial score (nSPS) is 17.4. The van der Waals surface area contributed by atoms with Gasteiger partial charge in [0, 0.05) is 6.54 Å². The number of aryl methyl sites for hydroxylation is 1. The van der Waals surface area contributed by atoms with Crippen LogP contribution in [0.5, 0.6) is 5.75 Å². The van der Waals surface area contributed by atoms with Gasteiger partial charge < -0.3 is 15.2 Å². The molecule has 6 nitrogen and oxygen atoms in total. The first-order valence-electron chi connectivity index (χ1n) is 6.49. The fourth-order valence-corrected chi connectivity index (χ4v) is 2.07. The van der Waals surface area contributed by atoms with Gasteiger partial charge in [0.25, 0.3) is 5.91 Å². The van der Waals surface area contributed by atoms with Crippen molar-refractivity contribution in [3.8, 4) is 5.75 Å². The molecule has 1 atom stereocenters. The Labute approximate surface area is 117 Å². The van der Waals surface area contributed by atoms with E-state index in [1.54, 1.807) is 13.0 Å². The van der Waals surface area contributed by atoms with E-state index in [4.69, 9.17) is 9.84 Å². The van der Waals surface area contributed by atoms with Crippen molar-refractivity contribution in [1.82, 2.24) is 5.32 Å². The number of carbonyl (C=O) groups is 2. The van der Waals surface area contributed by atoms with Crippen LogP contribution in [0.25, 0.3) is 0 Å². The summed E-state index contributed by atoms with van der Waals surface area (Å²) in [5.41, 5.74) is 1.59. The first-order valence-corrected chi connectivity index (χ1v) is 6.49. The predicted molar refractivity (Wildman–Crippen MR) is 73.7 cm³/mol. The highest BCUT2D eigenvalue weighted by atomic mass is 16.5. The Kier molecular flexibility index (Phi) is 4.24. The number of benzene rings is 1. The van der Waals surface area contributed by atoms with E-state index >= 15 is 0 Å². The molecule has 0 aliphatic carbocycles. The van der Waals surface area contributed by atoms with E-state index in [1.807, 2.05) is 19.1 Å². The van der Waals surface area contributed by atoms with Crippen molar-refractivity contribution in [2.75, 3.05) is 24.6 Å². The molecule has 1 unspecified atom stereocenters. The minimum absolute atomic E-state index is 0.0804. The second kappa shape index (κ2) is 5.92. The van der Waals surface area contributed by atoms with Crippen molar-refractivity contribution >= 4 is 17.5 Å². The van der Waals surface area contributed by atoms with Crippen LogP contribution in [0.2, 0.25) is 0 Å². The summed E-state index contributed by atoms with van der Waals surface area (Å²) < 4.78 is 5.53. The lowest BCUT2D eigenvalue weighted by molar-refractivity contribution is -0.128. The summed E-state index contributed by atoms with van der Waals surface area (Å²) in [7, 11) is 0. The maximum absolute atomic E-state index is 12.2. The van der Waals surface area contributed by atoms with E-state index in [1.165, 1.54) is 4.90 Å². The molecule has 1 aromatic carbocycles. The van der Waals surface area contributed by atoms with Crippen LogP contribution in [0.3, 0.4) is 0 Å². The molecule has 6 heteroatoms. The molecule has 0 bridgehead atoms. The molecule has 2 N–H and O–H groups in total. The van der Waals surface area contributed by atoms with Crippen molar-refractivity contribution < 1.29 is 19.4 Å². The van der Waals surface area contributed by atoms with Crippen molar-refractivity contribution in [2.24, 2.45) is 0 Å². The Morgan fingerprint density at radius 1 is 1.50 bits per heavy atom. The Balaban J connectivity index is 2.24. The highest BCUT2D eigenvalue weighted by molar-refractivity contribution is 6.03. The molecule has 1 heterocycles. The molecule has 0 spiro atoms. The molecule has 0 saturated heterocycles. The Morgan fingerprint density at radius 2 is 2.25 bits per heavy atom. The summed E-state index contributed by atoms with van der Waals surface area (Å²) in [4.78, 5) is 25.4. The number of rotatable bonds is 4. The number of amides is 2. The Morgan fingerprint density at radius 3 is 2.95 bits per heavy atom. The van der Waals surface area contributed by atoms with Crippen molar-refractivity contribution in [1.29, 1.82) is 0 Å². The number of anilines is 1. The lowest BCUT2D eigenvalue weighted by Gasteiger charge is -2.32. The third kappa shape index (κ3) is 2.91. The molecular weight excluding hydrogens is 260 g/mol. The maximum Gasteiger partial charge on any atom is 0.268 e. The highest BCUT2D eigenvalue weighted by Crippen LogP contribution is 2.34. The number of nitrogens with zero attached hydrogens (tertiary/aromatic N) is 1. The average Bonchev–Trinajstić information content (AvgIpc) is 2.42. The van der Waals surface area contributed by atoms with Gasteiger partial charge in [-0.3, -0.25) is 14.5 Å². The topological polar surface area (TPSA) is 78.9 Å². The van der Waals surface area contributed by atoms with Crippen molar-refractivity contribution in [3.63, 3.8) is 0 Å². The summed E-state index contributed by atoms with van der Waals surface area (Å²) in [6, 6.07) is 5.51. The molecule has 0 aromatic heterocycles. The van der Waals surface area contributed by atoms with Crippen LogP contribution in [0, 0.1) is 6.92 Å². The minimum Gasteiger partial charge on any atom is -0.479 e. The molecule has 1 aliphatic heterocycles. The van der Waals surface area contributed by atoms with Crippen LogP contribution in [0.4, 0.5) is 5.69 Å². The van der Waals surface area contributed by atoms with Gasteiger partial charge >= 0.3 is 0 Å². The van der Waals surface area contributed by atoms with Gasteiger partial charge in [-0.1, -0.05) is 6.07 Å². The summed E-state index contributed by atoms with van der Waals surface area (Å²) in [5.74, 6) is 0.0360. The van der Waals surface area contributed by atoms with Crippen LogP contribution >= 0.6 is 0 Å². The monoisotopic (exact) mass is 278 g/mol. The molecule has 0 saturated carbocycles. The molecule has 1 aromatic rings. The van der Waals surface area contributed by atoms with Gasteiger partial charge in [-0.05, 0) is 31.5 Å². The van der Waals surface area contributed by atoms with Gasteiger partial charge in [-0.15, -0.1) is 0 Å². The quantitative estimate of drug-likeness (QED) is 0.825. The average molecular weight is 278 g/mol. The number of nitrogens with one attached hydrogen (secondary N) is 1. The van der Waals surface area contributed by atoms with E-state index in [9.17, 15) is 9.59 Å². The van der Waals surface area contributed by atoms with Crippen LogP contribution in [0.15, 0.2) is 18.2 Å². The number of hydrogen-bond donors (Lipinski definition) is 2. The number of aliphatic hydroxyl groups is 1. The molecule has 20 heavy (non-hydrogen) atoms. The number of hydrogen-bond acceptors (Lipinski definition) is 4. The van der Waals surface area contributed by atoms with Crippen molar-refractivity contribution in [3.05, 3.63) is 23.8 Å². The zero-order valence-electron chi connectivity index (χ0n) is 11.5. The highest BCUT2D eigenvalue weighted by Gasteiger charge is 2.32. The van der Waals surface area contributed by atoms with E-state index in [0.717, 1.165) is 5.56 Å². The van der Waals surface area contributed by atoms with Crippen LogP contribution in [-0.2, 0) is 9.59 Å². The summed E-state index contributed by atoms with van der Waals surface area (Å²) in [6.45, 7) is 3.53. The predicted octanol–water partition coefficient (Wildman–Crippen LogP) is 0.217. The van der Waals surface area contributed by atoms with Gasteiger partial charge in [0.2, 0.25) is 5.91 Å². The fraction of sp³-hybridized carbons (Fsp3) is 0.429. The second-order valence-electron chi connectivity index (χ2n) is 4.73. The van der Waals surface area contributed by atoms with Crippen molar-refractivity contribution in [2.45, 2.75) is 20.0 Å². The summed E-state index contributed by atoms with van der Waals surface area (Å²) in [6.07, 6.45) is -0.615. The van der Waals surface area contributed by atoms with E-state index < -0.39 is 6.10 Å². The summed E-state index contributed by atoms with van der Waals surface area (Å²) >= 11 is 0.